The predicted octanol–water partition coefficient (Wildman–Crippen LogP) is 1.59. The number of Topliss-reactive ketones (excluding diaryl/α,β-unsaturated/α-hetero) is 1. The van der Waals surface area contributed by atoms with E-state index >= 15 is 0 Å². The molecule has 1 unspecified atom stereocenters. The zero-order chi connectivity index (χ0) is 11.5. The molecule has 0 radical (unpaired) electrons. The SMILES string of the molecule is CC(=O)c1cc(CC2CCCOC2)nn1C. The van der Waals surface area contributed by atoms with Gasteiger partial charge in [-0.15, -0.1) is 0 Å². The van der Waals surface area contributed by atoms with Crippen LogP contribution in [-0.4, -0.2) is 28.8 Å². The summed E-state index contributed by atoms with van der Waals surface area (Å²) >= 11 is 0. The Morgan fingerprint density at radius 3 is 3.06 bits per heavy atom. The summed E-state index contributed by atoms with van der Waals surface area (Å²) < 4.78 is 7.11. The fourth-order valence-electron chi connectivity index (χ4n) is 2.22. The molecule has 0 bridgehead atoms. The monoisotopic (exact) mass is 222 g/mol. The van der Waals surface area contributed by atoms with Crippen molar-refractivity contribution in [3.63, 3.8) is 0 Å². The molecule has 0 N–H and O–H groups in total. The number of hydrogen-bond donors (Lipinski definition) is 0. The third-order valence-corrected chi connectivity index (χ3v) is 3.04. The van der Waals surface area contributed by atoms with Crippen molar-refractivity contribution in [1.29, 1.82) is 0 Å². The second-order valence-electron chi connectivity index (χ2n) is 4.49. The van der Waals surface area contributed by atoms with E-state index in [1.807, 2.05) is 13.1 Å². The largest absolute Gasteiger partial charge is 0.381 e. The van der Waals surface area contributed by atoms with Crippen LogP contribution in [0.1, 0.15) is 35.9 Å². The molecular weight excluding hydrogens is 204 g/mol. The van der Waals surface area contributed by atoms with Crippen molar-refractivity contribution in [2.45, 2.75) is 26.2 Å². The number of rotatable bonds is 3. The van der Waals surface area contributed by atoms with Gasteiger partial charge in [0.25, 0.3) is 0 Å². The standard InChI is InChI=1S/C12H18N2O2/c1-9(15)12-7-11(13-14(12)2)6-10-4-3-5-16-8-10/h7,10H,3-6,8H2,1-2H3. The summed E-state index contributed by atoms with van der Waals surface area (Å²) in [7, 11) is 1.82. The predicted molar refractivity (Wildman–Crippen MR) is 60.5 cm³/mol. The summed E-state index contributed by atoms with van der Waals surface area (Å²) in [5, 5.41) is 4.37. The van der Waals surface area contributed by atoms with Gasteiger partial charge in [0.05, 0.1) is 5.69 Å². The molecule has 1 atom stereocenters. The molecule has 0 amide bonds. The van der Waals surface area contributed by atoms with E-state index in [-0.39, 0.29) is 5.78 Å². The minimum absolute atomic E-state index is 0.0705. The van der Waals surface area contributed by atoms with E-state index in [0.29, 0.717) is 11.6 Å². The molecule has 1 aliphatic heterocycles. The molecule has 2 heterocycles. The molecule has 2 rings (SSSR count). The molecule has 1 fully saturated rings. The Morgan fingerprint density at radius 2 is 2.50 bits per heavy atom. The van der Waals surface area contributed by atoms with E-state index in [2.05, 4.69) is 5.10 Å². The topological polar surface area (TPSA) is 44.1 Å². The molecule has 0 aliphatic carbocycles. The molecule has 0 saturated carbocycles. The van der Waals surface area contributed by atoms with Crippen LogP contribution in [0.2, 0.25) is 0 Å². The fourth-order valence-corrected chi connectivity index (χ4v) is 2.22. The van der Waals surface area contributed by atoms with E-state index < -0.39 is 0 Å². The average Bonchev–Trinajstić information content (AvgIpc) is 2.61. The normalized spacial score (nSPS) is 21.0. The van der Waals surface area contributed by atoms with Crippen molar-refractivity contribution >= 4 is 5.78 Å². The first-order valence-electron chi connectivity index (χ1n) is 5.78. The number of carbonyl (C=O) groups excluding carboxylic acids is 1. The van der Waals surface area contributed by atoms with Crippen LogP contribution >= 0.6 is 0 Å². The molecule has 1 aromatic heterocycles. The lowest BCUT2D eigenvalue weighted by Crippen LogP contribution is -2.19. The van der Waals surface area contributed by atoms with Gasteiger partial charge in [-0.3, -0.25) is 9.48 Å². The Hall–Kier alpha value is -1.16. The van der Waals surface area contributed by atoms with Crippen LogP contribution in [0.15, 0.2) is 6.07 Å². The van der Waals surface area contributed by atoms with Crippen LogP contribution in [0.3, 0.4) is 0 Å². The summed E-state index contributed by atoms with van der Waals surface area (Å²) in [6.45, 7) is 3.29. The highest BCUT2D eigenvalue weighted by molar-refractivity contribution is 5.92. The Balaban J connectivity index is 2.03. The van der Waals surface area contributed by atoms with Gasteiger partial charge in [0.15, 0.2) is 5.78 Å². The van der Waals surface area contributed by atoms with Gasteiger partial charge in [-0.05, 0) is 31.2 Å². The number of ether oxygens (including phenoxy) is 1. The van der Waals surface area contributed by atoms with Crippen molar-refractivity contribution in [2.24, 2.45) is 13.0 Å². The number of aromatic nitrogens is 2. The molecule has 4 heteroatoms. The maximum atomic E-state index is 11.3. The van der Waals surface area contributed by atoms with Crippen LogP contribution in [-0.2, 0) is 18.2 Å². The molecule has 0 aromatic carbocycles. The lowest BCUT2D eigenvalue weighted by molar-refractivity contribution is 0.0546. The van der Waals surface area contributed by atoms with Crippen LogP contribution in [0.4, 0.5) is 0 Å². The Kier molecular flexibility index (Phi) is 3.39. The summed E-state index contributed by atoms with van der Waals surface area (Å²) in [6, 6.07) is 1.90. The highest BCUT2D eigenvalue weighted by atomic mass is 16.5. The van der Waals surface area contributed by atoms with Gasteiger partial charge in [-0.25, -0.2) is 0 Å². The summed E-state index contributed by atoms with van der Waals surface area (Å²) in [6.07, 6.45) is 3.25. The van der Waals surface area contributed by atoms with Gasteiger partial charge in [-0.2, -0.15) is 5.10 Å². The van der Waals surface area contributed by atoms with Gasteiger partial charge < -0.3 is 4.74 Å². The van der Waals surface area contributed by atoms with Gasteiger partial charge in [0.2, 0.25) is 0 Å². The maximum Gasteiger partial charge on any atom is 0.177 e. The van der Waals surface area contributed by atoms with Crippen molar-refractivity contribution < 1.29 is 9.53 Å². The highest BCUT2D eigenvalue weighted by Gasteiger charge is 2.17. The fraction of sp³-hybridized carbons (Fsp3) is 0.667. The summed E-state index contributed by atoms with van der Waals surface area (Å²) in [4.78, 5) is 11.3. The summed E-state index contributed by atoms with van der Waals surface area (Å²) in [5.74, 6) is 0.629. The van der Waals surface area contributed by atoms with Gasteiger partial charge >= 0.3 is 0 Å². The molecule has 16 heavy (non-hydrogen) atoms. The van der Waals surface area contributed by atoms with Crippen molar-refractivity contribution in [2.75, 3.05) is 13.2 Å². The maximum absolute atomic E-state index is 11.3. The lowest BCUT2D eigenvalue weighted by atomic mass is 9.97. The highest BCUT2D eigenvalue weighted by Crippen LogP contribution is 2.18. The van der Waals surface area contributed by atoms with Crippen LogP contribution in [0.5, 0.6) is 0 Å². The first-order chi connectivity index (χ1) is 7.66. The Morgan fingerprint density at radius 1 is 1.69 bits per heavy atom. The number of ketones is 1. The minimum atomic E-state index is 0.0705. The third-order valence-electron chi connectivity index (χ3n) is 3.04. The number of nitrogens with zero attached hydrogens (tertiary/aromatic N) is 2. The number of carbonyl (C=O) groups is 1. The van der Waals surface area contributed by atoms with Crippen molar-refractivity contribution in [3.05, 3.63) is 17.5 Å². The Labute approximate surface area is 95.6 Å². The van der Waals surface area contributed by atoms with Crippen LogP contribution in [0, 0.1) is 5.92 Å². The van der Waals surface area contributed by atoms with E-state index in [9.17, 15) is 4.79 Å². The van der Waals surface area contributed by atoms with E-state index in [4.69, 9.17) is 4.74 Å². The van der Waals surface area contributed by atoms with Gasteiger partial charge in [-0.1, -0.05) is 0 Å². The van der Waals surface area contributed by atoms with Crippen LogP contribution < -0.4 is 0 Å². The molecule has 4 nitrogen and oxygen atoms in total. The minimum Gasteiger partial charge on any atom is -0.381 e. The molecule has 1 aliphatic rings. The zero-order valence-electron chi connectivity index (χ0n) is 9.90. The van der Waals surface area contributed by atoms with Crippen LogP contribution in [0.25, 0.3) is 0 Å². The van der Waals surface area contributed by atoms with E-state index in [0.717, 1.165) is 31.7 Å². The number of hydrogen-bond acceptors (Lipinski definition) is 3. The quantitative estimate of drug-likeness (QED) is 0.729. The first-order valence-corrected chi connectivity index (χ1v) is 5.78. The Bertz CT molecular complexity index is 378. The average molecular weight is 222 g/mol. The summed E-state index contributed by atoms with van der Waals surface area (Å²) in [5.41, 5.74) is 1.69. The molecule has 88 valence electrons. The van der Waals surface area contributed by atoms with Gasteiger partial charge in [0, 0.05) is 27.2 Å². The second kappa shape index (κ2) is 4.78. The van der Waals surface area contributed by atoms with Gasteiger partial charge in [0.1, 0.15) is 5.69 Å². The van der Waals surface area contributed by atoms with Crippen molar-refractivity contribution in [3.8, 4) is 0 Å². The molecule has 1 aromatic rings. The molecular formula is C12H18N2O2. The second-order valence-corrected chi connectivity index (χ2v) is 4.49. The third kappa shape index (κ3) is 2.50. The first kappa shape index (κ1) is 11.3. The van der Waals surface area contributed by atoms with E-state index in [1.54, 1.807) is 11.6 Å². The number of aryl methyl sites for hydroxylation is 1. The molecule has 0 spiro atoms. The lowest BCUT2D eigenvalue weighted by Gasteiger charge is -2.20. The zero-order valence-corrected chi connectivity index (χ0v) is 9.90. The smallest absolute Gasteiger partial charge is 0.177 e. The molecule has 1 saturated heterocycles. The van der Waals surface area contributed by atoms with E-state index in [1.165, 1.54) is 6.42 Å². The van der Waals surface area contributed by atoms with Crippen molar-refractivity contribution in [1.82, 2.24) is 9.78 Å².